The second-order valence-corrected chi connectivity index (χ2v) is 12.2. The van der Waals surface area contributed by atoms with Gasteiger partial charge in [-0.05, 0) is 90.2 Å². The number of esters is 2. The first-order valence-corrected chi connectivity index (χ1v) is 17.5. The Hall–Kier alpha value is -4.19. The summed E-state index contributed by atoms with van der Waals surface area (Å²) in [6.07, 6.45) is 20.3. The number of benzene rings is 3. The normalized spacial score (nSPS) is 12.0. The van der Waals surface area contributed by atoms with Crippen LogP contribution in [0.15, 0.2) is 83.9 Å². The van der Waals surface area contributed by atoms with Crippen LogP contribution in [-0.4, -0.2) is 31.4 Å². The fraction of sp³-hybridized carbons (Fsp3) is 0.439. The van der Waals surface area contributed by atoms with Gasteiger partial charge in [0.15, 0.2) is 0 Å². The third-order valence-electron chi connectivity index (χ3n) is 8.07. The molecule has 0 aromatic heterocycles. The lowest BCUT2D eigenvalue weighted by molar-refractivity contribution is -0.128. The van der Waals surface area contributed by atoms with Crippen LogP contribution in [0.4, 0.5) is 5.69 Å². The van der Waals surface area contributed by atoms with Gasteiger partial charge in [0.2, 0.25) is 0 Å². The first-order valence-electron chi connectivity index (χ1n) is 17.5. The van der Waals surface area contributed by atoms with Crippen molar-refractivity contribution in [3.63, 3.8) is 0 Å². The van der Waals surface area contributed by atoms with E-state index in [2.05, 4.69) is 25.8 Å². The Morgan fingerprint density at radius 2 is 1.28 bits per heavy atom. The van der Waals surface area contributed by atoms with Crippen LogP contribution in [0.25, 0.3) is 6.08 Å². The van der Waals surface area contributed by atoms with Gasteiger partial charge in [0, 0.05) is 12.3 Å². The maximum absolute atomic E-state index is 12.4. The molecule has 0 bridgehead atoms. The summed E-state index contributed by atoms with van der Waals surface area (Å²) < 4.78 is 16.7. The van der Waals surface area contributed by atoms with Gasteiger partial charge < -0.3 is 14.2 Å². The molecule has 6 nitrogen and oxygen atoms in total. The second kappa shape index (κ2) is 22.4. The van der Waals surface area contributed by atoms with Crippen LogP contribution >= 0.6 is 0 Å². The Labute approximate surface area is 282 Å². The highest BCUT2D eigenvalue weighted by Gasteiger charge is 2.09. The molecule has 0 amide bonds. The molecule has 0 aliphatic heterocycles. The van der Waals surface area contributed by atoms with E-state index in [4.69, 9.17) is 14.2 Å². The molecule has 0 aliphatic rings. The fourth-order valence-electron chi connectivity index (χ4n) is 4.82. The van der Waals surface area contributed by atoms with Crippen LogP contribution in [0.3, 0.4) is 0 Å². The number of unbranched alkanes of at least 4 members (excludes halogenated alkanes) is 10. The van der Waals surface area contributed by atoms with E-state index in [1.807, 2.05) is 36.4 Å². The maximum atomic E-state index is 12.4. The molecule has 0 saturated carbocycles. The lowest BCUT2D eigenvalue weighted by Gasteiger charge is -2.09. The number of hydrogen-bond donors (Lipinski definition) is 0. The summed E-state index contributed by atoms with van der Waals surface area (Å²) in [7, 11) is 0. The van der Waals surface area contributed by atoms with E-state index in [0.29, 0.717) is 29.5 Å². The highest BCUT2D eigenvalue weighted by atomic mass is 16.5. The van der Waals surface area contributed by atoms with Crippen LogP contribution in [0.1, 0.15) is 119 Å². The molecule has 3 rings (SSSR count). The Bertz CT molecular complexity index is 1360. The minimum Gasteiger partial charge on any atom is -0.494 e. The smallest absolute Gasteiger partial charge is 0.338 e. The van der Waals surface area contributed by atoms with E-state index in [0.717, 1.165) is 36.3 Å². The predicted octanol–water partition coefficient (Wildman–Crippen LogP) is 10.9. The van der Waals surface area contributed by atoms with E-state index in [1.165, 1.54) is 70.3 Å². The van der Waals surface area contributed by atoms with Crippen molar-refractivity contribution in [2.75, 3.05) is 13.2 Å². The van der Waals surface area contributed by atoms with Crippen molar-refractivity contribution >= 4 is 29.9 Å². The number of carbonyl (C=O) groups is 2. The number of nitrogens with zero attached hydrogens (tertiary/aromatic N) is 1. The number of rotatable bonds is 22. The molecule has 1 atom stereocenters. The second-order valence-electron chi connectivity index (χ2n) is 12.2. The van der Waals surface area contributed by atoms with E-state index in [1.54, 1.807) is 48.7 Å². The Morgan fingerprint density at radius 3 is 1.89 bits per heavy atom. The molecule has 0 spiro atoms. The molecule has 3 aromatic rings. The van der Waals surface area contributed by atoms with Gasteiger partial charge in [0.1, 0.15) is 11.5 Å². The Kier molecular flexibility index (Phi) is 17.7. The number of carbonyl (C=O) groups excluding carboxylic acids is 2. The molecule has 252 valence electrons. The predicted molar refractivity (Wildman–Crippen MR) is 193 cm³/mol. The van der Waals surface area contributed by atoms with Gasteiger partial charge in [-0.25, -0.2) is 9.59 Å². The van der Waals surface area contributed by atoms with Crippen LogP contribution < -0.4 is 9.47 Å². The minimum absolute atomic E-state index is 0.325. The van der Waals surface area contributed by atoms with Crippen molar-refractivity contribution in [3.8, 4) is 11.5 Å². The van der Waals surface area contributed by atoms with Crippen LogP contribution in [0.5, 0.6) is 11.5 Å². The van der Waals surface area contributed by atoms with Crippen molar-refractivity contribution in [3.05, 3.63) is 95.6 Å². The third kappa shape index (κ3) is 15.8. The third-order valence-corrected chi connectivity index (χ3v) is 8.07. The Balaban J connectivity index is 1.31. The molecule has 0 N–H and O–H groups in total. The summed E-state index contributed by atoms with van der Waals surface area (Å²) in [5.41, 5.74) is 2.96. The molecule has 6 heteroatoms. The molecule has 0 radical (unpaired) electrons. The lowest BCUT2D eigenvalue weighted by Crippen LogP contribution is -2.11. The van der Waals surface area contributed by atoms with E-state index in [-0.39, 0.29) is 5.97 Å². The van der Waals surface area contributed by atoms with Gasteiger partial charge in [-0.2, -0.15) is 0 Å². The summed E-state index contributed by atoms with van der Waals surface area (Å²) in [5.74, 6) is 0.851. The van der Waals surface area contributed by atoms with Gasteiger partial charge in [0.25, 0.3) is 0 Å². The average molecular weight is 640 g/mol. The standard InChI is InChI=1S/C41H53NO5/c1-4-6-7-8-9-10-11-12-13-14-15-30-45-38-25-16-34(17-26-38)20-29-40(43)47-39-27-18-35(19-28-39)31-42-37-23-21-36(22-24-37)41(44)46-32-33(3)5-2/h16-29,31,33H,4-15,30,32H2,1-3H3/b29-20+,42-31?/t33-/m0/s1. The number of hydrogen-bond acceptors (Lipinski definition) is 6. The van der Waals surface area contributed by atoms with Crippen molar-refractivity contribution < 1.29 is 23.8 Å². The maximum Gasteiger partial charge on any atom is 0.338 e. The molecular weight excluding hydrogens is 586 g/mol. The Morgan fingerprint density at radius 1 is 0.702 bits per heavy atom. The summed E-state index contributed by atoms with van der Waals surface area (Å²) in [6, 6.07) is 21.8. The lowest BCUT2D eigenvalue weighted by atomic mass is 10.1. The molecule has 0 fully saturated rings. The quantitative estimate of drug-likeness (QED) is 0.0359. The molecule has 0 unspecified atom stereocenters. The molecule has 0 heterocycles. The van der Waals surface area contributed by atoms with Gasteiger partial charge >= 0.3 is 11.9 Å². The largest absolute Gasteiger partial charge is 0.494 e. The van der Waals surface area contributed by atoms with Crippen LogP contribution in [-0.2, 0) is 9.53 Å². The average Bonchev–Trinajstić information content (AvgIpc) is 3.10. The van der Waals surface area contributed by atoms with E-state index >= 15 is 0 Å². The van der Waals surface area contributed by atoms with E-state index in [9.17, 15) is 9.59 Å². The molecule has 3 aromatic carbocycles. The summed E-state index contributed by atoms with van der Waals surface area (Å²) in [4.78, 5) is 29.0. The first kappa shape index (κ1) is 37.3. The topological polar surface area (TPSA) is 74.2 Å². The zero-order valence-corrected chi connectivity index (χ0v) is 28.6. The van der Waals surface area contributed by atoms with Crippen LogP contribution in [0.2, 0.25) is 0 Å². The van der Waals surface area contributed by atoms with Crippen molar-refractivity contribution in [2.45, 2.75) is 97.8 Å². The first-order chi connectivity index (χ1) is 23.0. The number of aliphatic imine (C=N–C) groups is 1. The molecular formula is C41H53NO5. The van der Waals surface area contributed by atoms with Gasteiger partial charge in [-0.15, -0.1) is 0 Å². The zero-order chi connectivity index (χ0) is 33.5. The van der Waals surface area contributed by atoms with Gasteiger partial charge in [-0.3, -0.25) is 4.99 Å². The highest BCUT2D eigenvalue weighted by Crippen LogP contribution is 2.18. The van der Waals surface area contributed by atoms with E-state index < -0.39 is 5.97 Å². The van der Waals surface area contributed by atoms with Gasteiger partial charge in [-0.1, -0.05) is 104 Å². The van der Waals surface area contributed by atoms with Gasteiger partial charge in [0.05, 0.1) is 24.5 Å². The molecule has 0 saturated heterocycles. The van der Waals surface area contributed by atoms with Crippen molar-refractivity contribution in [1.29, 1.82) is 0 Å². The highest BCUT2D eigenvalue weighted by molar-refractivity contribution is 5.90. The monoisotopic (exact) mass is 639 g/mol. The molecule has 47 heavy (non-hydrogen) atoms. The summed E-state index contributed by atoms with van der Waals surface area (Å²) in [5, 5.41) is 0. The fourth-order valence-corrected chi connectivity index (χ4v) is 4.82. The summed E-state index contributed by atoms with van der Waals surface area (Å²) in [6.45, 7) is 7.53. The minimum atomic E-state index is -0.453. The SMILES string of the molecule is CCCCCCCCCCCCCOc1ccc(/C=C/C(=O)Oc2ccc(C=Nc3ccc(C(=O)OC[C@@H](C)CC)cc3)cc2)cc1. The van der Waals surface area contributed by atoms with Crippen LogP contribution in [0, 0.1) is 5.92 Å². The number of ether oxygens (including phenoxy) is 3. The van der Waals surface area contributed by atoms with Crippen molar-refractivity contribution in [2.24, 2.45) is 10.9 Å². The van der Waals surface area contributed by atoms with Crippen molar-refractivity contribution in [1.82, 2.24) is 0 Å². The molecule has 0 aliphatic carbocycles. The summed E-state index contributed by atoms with van der Waals surface area (Å²) >= 11 is 0. The zero-order valence-electron chi connectivity index (χ0n) is 28.6.